The van der Waals surface area contributed by atoms with Crippen molar-refractivity contribution in [3.8, 4) is 11.4 Å². The van der Waals surface area contributed by atoms with Crippen molar-refractivity contribution < 1.29 is 0 Å². The Morgan fingerprint density at radius 3 is 2.71 bits per heavy atom. The Morgan fingerprint density at radius 2 is 2.00 bits per heavy atom. The van der Waals surface area contributed by atoms with Crippen LogP contribution in [0.4, 0.5) is 0 Å². The Hall–Kier alpha value is -1.74. The van der Waals surface area contributed by atoms with Crippen LogP contribution in [0.2, 0.25) is 0 Å². The van der Waals surface area contributed by atoms with E-state index in [1.165, 1.54) is 5.56 Å². The second-order valence-electron chi connectivity index (χ2n) is 4.37. The first-order valence-corrected chi connectivity index (χ1v) is 5.80. The van der Waals surface area contributed by atoms with Crippen molar-refractivity contribution in [2.45, 2.75) is 26.3 Å². The highest BCUT2D eigenvalue weighted by molar-refractivity contribution is 5.59. The molecule has 0 aliphatic heterocycles. The third-order valence-corrected chi connectivity index (χ3v) is 2.63. The van der Waals surface area contributed by atoms with Gasteiger partial charge in [0.1, 0.15) is 0 Å². The highest BCUT2D eigenvalue weighted by Crippen LogP contribution is 2.19. The minimum absolute atomic E-state index is 0.120. The maximum atomic E-state index is 5.78. The Morgan fingerprint density at radius 1 is 1.24 bits per heavy atom. The van der Waals surface area contributed by atoms with Crippen LogP contribution in [0.3, 0.4) is 0 Å². The summed E-state index contributed by atoms with van der Waals surface area (Å²) in [5.41, 5.74) is 9.04. The fourth-order valence-corrected chi connectivity index (χ4v) is 1.79. The van der Waals surface area contributed by atoms with Crippen LogP contribution in [0, 0.1) is 6.92 Å². The number of nitrogens with two attached hydrogens (primary N) is 1. The van der Waals surface area contributed by atoms with Crippen LogP contribution in [0.5, 0.6) is 0 Å². The smallest absolute Gasteiger partial charge is 0.159 e. The van der Waals surface area contributed by atoms with Gasteiger partial charge in [-0.2, -0.15) is 0 Å². The maximum Gasteiger partial charge on any atom is 0.159 e. The zero-order valence-electron chi connectivity index (χ0n) is 10.2. The summed E-state index contributed by atoms with van der Waals surface area (Å²) in [6, 6.07) is 10.2. The molecule has 1 aromatic heterocycles. The quantitative estimate of drug-likeness (QED) is 0.875. The van der Waals surface area contributed by atoms with Crippen LogP contribution in [0.15, 0.2) is 36.5 Å². The molecule has 0 aliphatic rings. The summed E-state index contributed by atoms with van der Waals surface area (Å²) in [6.07, 6.45) is 2.58. The molecule has 2 aromatic rings. The molecule has 1 heterocycles. The molecule has 2 N–H and O–H groups in total. The molecule has 2 rings (SSSR count). The van der Waals surface area contributed by atoms with Gasteiger partial charge in [0.15, 0.2) is 5.82 Å². The van der Waals surface area contributed by atoms with Crippen molar-refractivity contribution >= 4 is 0 Å². The first kappa shape index (κ1) is 11.7. The zero-order valence-corrected chi connectivity index (χ0v) is 10.2. The SMILES string of the molecule is Cc1ccccc1-c1nccc(CC(C)N)n1. The van der Waals surface area contributed by atoms with Gasteiger partial charge in [-0.25, -0.2) is 9.97 Å². The lowest BCUT2D eigenvalue weighted by Crippen LogP contribution is -2.18. The van der Waals surface area contributed by atoms with Crippen molar-refractivity contribution in [2.24, 2.45) is 5.73 Å². The highest BCUT2D eigenvalue weighted by atomic mass is 14.9. The molecule has 3 heteroatoms. The van der Waals surface area contributed by atoms with Gasteiger partial charge >= 0.3 is 0 Å². The summed E-state index contributed by atoms with van der Waals surface area (Å²) in [7, 11) is 0. The van der Waals surface area contributed by atoms with E-state index in [1.807, 2.05) is 31.2 Å². The van der Waals surface area contributed by atoms with Crippen molar-refractivity contribution in [2.75, 3.05) is 0 Å². The summed E-state index contributed by atoms with van der Waals surface area (Å²) in [5, 5.41) is 0. The van der Waals surface area contributed by atoms with Crippen molar-refractivity contribution in [1.29, 1.82) is 0 Å². The fourth-order valence-electron chi connectivity index (χ4n) is 1.79. The predicted octanol–water partition coefficient (Wildman–Crippen LogP) is 2.34. The molecule has 0 spiro atoms. The van der Waals surface area contributed by atoms with E-state index in [-0.39, 0.29) is 6.04 Å². The second-order valence-corrected chi connectivity index (χ2v) is 4.37. The van der Waals surface area contributed by atoms with E-state index in [0.29, 0.717) is 0 Å². The molecule has 0 bridgehead atoms. The molecular formula is C14H17N3. The molecule has 0 radical (unpaired) electrons. The Balaban J connectivity index is 2.37. The van der Waals surface area contributed by atoms with E-state index in [0.717, 1.165) is 23.5 Å². The normalized spacial score (nSPS) is 12.4. The van der Waals surface area contributed by atoms with Gasteiger partial charge in [0, 0.05) is 29.9 Å². The number of hydrogen-bond acceptors (Lipinski definition) is 3. The Labute approximate surface area is 102 Å². The number of hydrogen-bond donors (Lipinski definition) is 1. The van der Waals surface area contributed by atoms with E-state index >= 15 is 0 Å². The van der Waals surface area contributed by atoms with Gasteiger partial charge in [-0.1, -0.05) is 24.3 Å². The average Bonchev–Trinajstić information content (AvgIpc) is 2.29. The molecule has 17 heavy (non-hydrogen) atoms. The van der Waals surface area contributed by atoms with Crippen molar-refractivity contribution in [3.63, 3.8) is 0 Å². The standard InChI is InChI=1S/C14H17N3/c1-10-5-3-4-6-13(10)14-16-8-7-12(17-14)9-11(2)15/h3-8,11H,9,15H2,1-2H3. The summed E-state index contributed by atoms with van der Waals surface area (Å²) in [4.78, 5) is 8.88. The van der Waals surface area contributed by atoms with Crippen molar-refractivity contribution in [1.82, 2.24) is 9.97 Å². The largest absolute Gasteiger partial charge is 0.328 e. The summed E-state index contributed by atoms with van der Waals surface area (Å²) >= 11 is 0. The highest BCUT2D eigenvalue weighted by Gasteiger charge is 2.06. The van der Waals surface area contributed by atoms with E-state index in [1.54, 1.807) is 6.20 Å². The Bertz CT molecular complexity index is 506. The van der Waals surface area contributed by atoms with Crippen LogP contribution in [-0.4, -0.2) is 16.0 Å². The fraction of sp³-hybridized carbons (Fsp3) is 0.286. The summed E-state index contributed by atoms with van der Waals surface area (Å²) in [5.74, 6) is 0.779. The molecule has 88 valence electrons. The van der Waals surface area contributed by atoms with Gasteiger partial charge in [0.25, 0.3) is 0 Å². The van der Waals surface area contributed by atoms with Crippen LogP contribution in [0.1, 0.15) is 18.2 Å². The first-order valence-electron chi connectivity index (χ1n) is 5.80. The monoisotopic (exact) mass is 227 g/mol. The summed E-state index contributed by atoms with van der Waals surface area (Å²) in [6.45, 7) is 4.05. The van der Waals surface area contributed by atoms with Gasteiger partial charge in [0.05, 0.1) is 0 Å². The maximum absolute atomic E-state index is 5.78. The van der Waals surface area contributed by atoms with E-state index < -0.39 is 0 Å². The zero-order chi connectivity index (χ0) is 12.3. The summed E-state index contributed by atoms with van der Waals surface area (Å²) < 4.78 is 0. The molecule has 0 amide bonds. The lowest BCUT2D eigenvalue weighted by atomic mass is 10.1. The number of aromatic nitrogens is 2. The van der Waals surface area contributed by atoms with Gasteiger partial charge in [-0.15, -0.1) is 0 Å². The van der Waals surface area contributed by atoms with Gasteiger partial charge in [-0.3, -0.25) is 0 Å². The first-order chi connectivity index (χ1) is 8.16. The molecule has 0 saturated heterocycles. The van der Waals surface area contributed by atoms with E-state index in [2.05, 4.69) is 23.0 Å². The topological polar surface area (TPSA) is 51.8 Å². The van der Waals surface area contributed by atoms with Crippen LogP contribution in [-0.2, 0) is 6.42 Å². The second kappa shape index (κ2) is 5.06. The van der Waals surface area contributed by atoms with Gasteiger partial charge < -0.3 is 5.73 Å². The Kier molecular flexibility index (Phi) is 3.49. The van der Waals surface area contributed by atoms with Crippen molar-refractivity contribution in [3.05, 3.63) is 47.8 Å². The number of benzene rings is 1. The molecule has 1 aromatic carbocycles. The average molecular weight is 227 g/mol. The van der Waals surface area contributed by atoms with Gasteiger partial charge in [0.2, 0.25) is 0 Å². The molecule has 3 nitrogen and oxygen atoms in total. The minimum Gasteiger partial charge on any atom is -0.328 e. The van der Waals surface area contributed by atoms with E-state index in [4.69, 9.17) is 5.73 Å². The minimum atomic E-state index is 0.120. The predicted molar refractivity (Wildman–Crippen MR) is 69.6 cm³/mol. The lowest BCUT2D eigenvalue weighted by Gasteiger charge is -2.07. The third-order valence-electron chi connectivity index (χ3n) is 2.63. The third kappa shape index (κ3) is 2.88. The van der Waals surface area contributed by atoms with E-state index in [9.17, 15) is 0 Å². The van der Waals surface area contributed by atoms with Crippen LogP contribution < -0.4 is 5.73 Å². The molecule has 0 fully saturated rings. The number of nitrogens with zero attached hydrogens (tertiary/aromatic N) is 2. The lowest BCUT2D eigenvalue weighted by molar-refractivity contribution is 0.720. The molecule has 1 atom stereocenters. The molecule has 0 aliphatic carbocycles. The number of rotatable bonds is 3. The van der Waals surface area contributed by atoms with Crippen LogP contribution in [0.25, 0.3) is 11.4 Å². The number of aryl methyl sites for hydroxylation is 1. The van der Waals surface area contributed by atoms with Crippen LogP contribution >= 0.6 is 0 Å². The van der Waals surface area contributed by atoms with Gasteiger partial charge in [-0.05, 0) is 25.5 Å². The molecule has 0 saturated carbocycles. The molecule has 1 unspecified atom stereocenters. The molecular weight excluding hydrogens is 210 g/mol.